The molecular formula is C17H24N2O5. The van der Waals surface area contributed by atoms with Crippen LogP contribution in [0, 0.1) is 16.0 Å². The molecule has 2 saturated heterocycles. The Hall–Kier alpha value is -1.86. The highest BCUT2D eigenvalue weighted by Crippen LogP contribution is 2.32. The average molecular weight is 336 g/mol. The summed E-state index contributed by atoms with van der Waals surface area (Å²) in [6.45, 7) is 4.23. The van der Waals surface area contributed by atoms with E-state index in [1.54, 1.807) is 12.1 Å². The number of piperidine rings is 1. The minimum atomic E-state index is -0.421. The molecule has 0 amide bonds. The van der Waals surface area contributed by atoms with Gasteiger partial charge in [0.25, 0.3) is 0 Å². The van der Waals surface area contributed by atoms with Gasteiger partial charge in [0.05, 0.1) is 31.4 Å². The zero-order chi connectivity index (χ0) is 16.9. The van der Waals surface area contributed by atoms with Gasteiger partial charge in [-0.2, -0.15) is 0 Å². The lowest BCUT2D eigenvalue weighted by Gasteiger charge is -2.34. The number of nitrogens with zero attached hydrogens (tertiary/aromatic N) is 2. The molecule has 1 aromatic rings. The van der Waals surface area contributed by atoms with Crippen LogP contribution in [0.1, 0.15) is 19.3 Å². The van der Waals surface area contributed by atoms with Gasteiger partial charge in [-0.05, 0) is 25.3 Å². The minimum absolute atomic E-state index is 0.00162. The molecule has 7 nitrogen and oxygen atoms in total. The van der Waals surface area contributed by atoms with E-state index in [1.165, 1.54) is 13.2 Å². The van der Waals surface area contributed by atoms with E-state index in [0.29, 0.717) is 17.8 Å². The average Bonchev–Trinajstić information content (AvgIpc) is 3.13. The van der Waals surface area contributed by atoms with Crippen LogP contribution in [-0.2, 0) is 9.47 Å². The molecule has 7 heteroatoms. The molecule has 1 unspecified atom stereocenters. The number of benzene rings is 1. The molecule has 0 bridgehead atoms. The van der Waals surface area contributed by atoms with Crippen molar-refractivity contribution in [2.45, 2.75) is 25.4 Å². The molecule has 2 fully saturated rings. The maximum Gasteiger partial charge on any atom is 0.311 e. The summed E-state index contributed by atoms with van der Waals surface area (Å²) in [6, 6.07) is 5.05. The van der Waals surface area contributed by atoms with E-state index in [9.17, 15) is 10.1 Å². The number of rotatable bonds is 6. The second-order valence-electron chi connectivity index (χ2n) is 6.36. The van der Waals surface area contributed by atoms with Crippen LogP contribution in [0.3, 0.4) is 0 Å². The third-order valence-electron chi connectivity index (χ3n) is 4.76. The van der Waals surface area contributed by atoms with E-state index in [0.717, 1.165) is 57.9 Å². The van der Waals surface area contributed by atoms with Crippen molar-refractivity contribution in [2.24, 2.45) is 5.92 Å². The first kappa shape index (κ1) is 17.0. The predicted molar refractivity (Wildman–Crippen MR) is 89.8 cm³/mol. The molecule has 0 saturated carbocycles. The van der Waals surface area contributed by atoms with Gasteiger partial charge < -0.3 is 19.1 Å². The van der Waals surface area contributed by atoms with Crippen LogP contribution in [0.25, 0.3) is 0 Å². The molecule has 1 atom stereocenters. The number of hydrogen-bond acceptors (Lipinski definition) is 6. The third kappa shape index (κ3) is 3.96. The van der Waals surface area contributed by atoms with Crippen molar-refractivity contribution in [3.05, 3.63) is 28.3 Å². The molecule has 132 valence electrons. The van der Waals surface area contributed by atoms with E-state index >= 15 is 0 Å². The third-order valence-corrected chi connectivity index (χ3v) is 4.76. The number of nitro groups is 1. The van der Waals surface area contributed by atoms with Crippen LogP contribution < -0.4 is 9.64 Å². The number of methoxy groups -OCH3 is 1. The van der Waals surface area contributed by atoms with Gasteiger partial charge in [0.15, 0.2) is 5.75 Å². The summed E-state index contributed by atoms with van der Waals surface area (Å²) in [7, 11) is 1.46. The summed E-state index contributed by atoms with van der Waals surface area (Å²) in [6.07, 6.45) is 3.32. The summed E-state index contributed by atoms with van der Waals surface area (Å²) < 4.78 is 16.5. The molecule has 0 spiro atoms. The number of hydrogen-bond donors (Lipinski definition) is 0. The van der Waals surface area contributed by atoms with Gasteiger partial charge in [0.1, 0.15) is 0 Å². The Balaban J connectivity index is 1.53. The molecule has 0 aliphatic carbocycles. The first-order valence-corrected chi connectivity index (χ1v) is 8.44. The molecule has 2 aliphatic rings. The lowest BCUT2D eigenvalue weighted by Crippen LogP contribution is -2.37. The molecule has 0 aromatic heterocycles. The zero-order valence-corrected chi connectivity index (χ0v) is 14.0. The highest BCUT2D eigenvalue weighted by atomic mass is 16.6. The van der Waals surface area contributed by atoms with Crippen LogP contribution in [0.15, 0.2) is 18.2 Å². The molecule has 0 N–H and O–H groups in total. The van der Waals surface area contributed by atoms with Gasteiger partial charge in [-0.25, -0.2) is 0 Å². The highest BCUT2D eigenvalue weighted by molar-refractivity contribution is 5.59. The molecule has 0 radical (unpaired) electrons. The quantitative estimate of drug-likeness (QED) is 0.587. The lowest BCUT2D eigenvalue weighted by atomic mass is 10.1. The molecular weight excluding hydrogens is 312 g/mol. The normalized spacial score (nSPS) is 21.9. The van der Waals surface area contributed by atoms with Crippen molar-refractivity contribution in [1.82, 2.24) is 0 Å². The van der Waals surface area contributed by atoms with E-state index in [1.807, 2.05) is 0 Å². The summed E-state index contributed by atoms with van der Waals surface area (Å²) in [5.74, 6) is 0.846. The van der Waals surface area contributed by atoms with Crippen molar-refractivity contribution in [3.8, 4) is 5.75 Å². The van der Waals surface area contributed by atoms with Gasteiger partial charge in [0.2, 0.25) is 0 Å². The summed E-state index contributed by atoms with van der Waals surface area (Å²) in [4.78, 5) is 12.8. The fourth-order valence-corrected chi connectivity index (χ4v) is 3.28. The Morgan fingerprint density at radius 3 is 2.75 bits per heavy atom. The maximum absolute atomic E-state index is 11.0. The summed E-state index contributed by atoms with van der Waals surface area (Å²) in [5.41, 5.74) is 0.957. The molecule has 3 rings (SSSR count). The van der Waals surface area contributed by atoms with E-state index in [-0.39, 0.29) is 5.69 Å². The second kappa shape index (κ2) is 7.81. The Morgan fingerprint density at radius 2 is 2.12 bits per heavy atom. The van der Waals surface area contributed by atoms with Gasteiger partial charge in [-0.1, -0.05) is 0 Å². The van der Waals surface area contributed by atoms with Crippen molar-refractivity contribution in [2.75, 3.05) is 44.9 Å². The monoisotopic (exact) mass is 336 g/mol. The summed E-state index contributed by atoms with van der Waals surface area (Å²) in [5, 5.41) is 11.0. The Bertz CT molecular complexity index is 566. The van der Waals surface area contributed by atoms with Crippen molar-refractivity contribution < 1.29 is 19.1 Å². The first-order chi connectivity index (χ1) is 11.7. The van der Waals surface area contributed by atoms with Crippen molar-refractivity contribution in [1.29, 1.82) is 0 Å². The number of ether oxygens (including phenoxy) is 3. The second-order valence-corrected chi connectivity index (χ2v) is 6.36. The molecule has 2 aliphatic heterocycles. The van der Waals surface area contributed by atoms with Crippen LogP contribution in [0.5, 0.6) is 5.75 Å². The number of nitro benzene ring substituents is 1. The van der Waals surface area contributed by atoms with E-state index in [4.69, 9.17) is 14.2 Å². The van der Waals surface area contributed by atoms with Crippen LogP contribution >= 0.6 is 0 Å². The van der Waals surface area contributed by atoms with Crippen LogP contribution in [-0.4, -0.2) is 51.0 Å². The van der Waals surface area contributed by atoms with Crippen molar-refractivity contribution in [3.63, 3.8) is 0 Å². The van der Waals surface area contributed by atoms with E-state index in [2.05, 4.69) is 4.90 Å². The Kier molecular flexibility index (Phi) is 5.52. The Labute approximate surface area is 141 Å². The predicted octanol–water partition coefficient (Wildman–Crippen LogP) is 2.63. The van der Waals surface area contributed by atoms with Gasteiger partial charge in [-0.15, -0.1) is 0 Å². The van der Waals surface area contributed by atoms with Gasteiger partial charge >= 0.3 is 5.69 Å². The first-order valence-electron chi connectivity index (χ1n) is 8.44. The maximum atomic E-state index is 11.0. The van der Waals surface area contributed by atoms with E-state index < -0.39 is 4.92 Å². The molecule has 2 heterocycles. The zero-order valence-electron chi connectivity index (χ0n) is 14.0. The Morgan fingerprint density at radius 1 is 1.33 bits per heavy atom. The van der Waals surface area contributed by atoms with Crippen LogP contribution in [0.4, 0.5) is 11.4 Å². The van der Waals surface area contributed by atoms with Crippen LogP contribution in [0.2, 0.25) is 0 Å². The minimum Gasteiger partial charge on any atom is -0.490 e. The highest BCUT2D eigenvalue weighted by Gasteiger charge is 2.24. The lowest BCUT2D eigenvalue weighted by molar-refractivity contribution is -0.385. The van der Waals surface area contributed by atoms with Gasteiger partial charge in [-0.3, -0.25) is 10.1 Å². The topological polar surface area (TPSA) is 74.1 Å². The van der Waals surface area contributed by atoms with Gasteiger partial charge in [0, 0.05) is 43.4 Å². The molecule has 1 aromatic carbocycles. The standard InChI is InChI=1S/C17H24N2O5/c1-22-17-10-14(2-3-16(17)19(20)21)18-7-4-15(5-8-18)24-12-13-6-9-23-11-13/h2-3,10,13,15H,4-9,11-12H2,1H3. The molecule has 24 heavy (non-hydrogen) atoms. The largest absolute Gasteiger partial charge is 0.490 e. The SMILES string of the molecule is COc1cc(N2CCC(OCC3CCOC3)CC2)ccc1[N+](=O)[O-]. The number of anilines is 1. The smallest absolute Gasteiger partial charge is 0.311 e. The summed E-state index contributed by atoms with van der Waals surface area (Å²) >= 11 is 0. The fraction of sp³-hybridized carbons (Fsp3) is 0.647. The van der Waals surface area contributed by atoms with Crippen molar-refractivity contribution >= 4 is 11.4 Å². The fourth-order valence-electron chi connectivity index (χ4n) is 3.28.